The second-order valence-electron chi connectivity index (χ2n) is 5.63. The fourth-order valence-corrected chi connectivity index (χ4v) is 2.79. The molecule has 0 aliphatic carbocycles. The van der Waals surface area contributed by atoms with Crippen LogP contribution in [0.3, 0.4) is 0 Å². The van der Waals surface area contributed by atoms with Crippen molar-refractivity contribution in [3.8, 4) is 5.75 Å². The minimum atomic E-state index is 0.453. The third-order valence-electron chi connectivity index (χ3n) is 3.83. The van der Waals surface area contributed by atoms with Gasteiger partial charge in [0.2, 0.25) is 0 Å². The van der Waals surface area contributed by atoms with Gasteiger partial charge in [-0.1, -0.05) is 49.7 Å². The quantitative estimate of drug-likeness (QED) is 0.850. The molecule has 2 aromatic carbocycles. The molecule has 0 aliphatic rings. The molecule has 0 aliphatic heterocycles. The molecule has 1 heteroatoms. The molecule has 0 saturated heterocycles. The topological polar surface area (TPSA) is 20.2 Å². The molecule has 1 nitrogen and oxygen atoms in total. The smallest absolute Gasteiger partial charge is 0.121 e. The van der Waals surface area contributed by atoms with E-state index in [1.165, 1.54) is 22.3 Å². The van der Waals surface area contributed by atoms with Crippen molar-refractivity contribution < 1.29 is 5.11 Å². The lowest BCUT2D eigenvalue weighted by Crippen LogP contribution is -1.95. The van der Waals surface area contributed by atoms with Gasteiger partial charge >= 0.3 is 0 Å². The monoisotopic (exact) mass is 268 g/mol. The first kappa shape index (κ1) is 14.6. The normalized spacial score (nSPS) is 10.8. The average molecular weight is 268 g/mol. The van der Waals surface area contributed by atoms with Gasteiger partial charge in [-0.3, -0.25) is 0 Å². The Balaban J connectivity index is 2.34. The maximum absolute atomic E-state index is 10.0. The van der Waals surface area contributed by atoms with Gasteiger partial charge in [-0.25, -0.2) is 0 Å². The second kappa shape index (κ2) is 6.13. The molecule has 0 spiro atoms. The Hall–Kier alpha value is -1.76. The summed E-state index contributed by atoms with van der Waals surface area (Å²) in [6.07, 6.45) is 2.88. The van der Waals surface area contributed by atoms with Gasteiger partial charge in [0.1, 0.15) is 5.75 Å². The zero-order valence-electron chi connectivity index (χ0n) is 13.0. The van der Waals surface area contributed by atoms with Gasteiger partial charge in [0.15, 0.2) is 0 Å². The molecule has 0 heterocycles. The van der Waals surface area contributed by atoms with Crippen molar-refractivity contribution in [3.05, 3.63) is 63.7 Å². The van der Waals surface area contributed by atoms with E-state index in [1.807, 2.05) is 6.92 Å². The maximum atomic E-state index is 10.0. The van der Waals surface area contributed by atoms with Crippen LogP contribution < -0.4 is 0 Å². The Kier molecular flexibility index (Phi) is 4.49. The van der Waals surface area contributed by atoms with Crippen LogP contribution in [0.1, 0.15) is 47.2 Å². The van der Waals surface area contributed by atoms with Crippen LogP contribution >= 0.6 is 0 Å². The Morgan fingerprint density at radius 1 is 0.800 bits per heavy atom. The number of rotatable bonds is 4. The third kappa shape index (κ3) is 3.22. The lowest BCUT2D eigenvalue weighted by atomic mass is 9.96. The minimum Gasteiger partial charge on any atom is -0.507 e. The van der Waals surface area contributed by atoms with E-state index in [2.05, 4.69) is 51.1 Å². The van der Waals surface area contributed by atoms with Crippen molar-refractivity contribution in [3.63, 3.8) is 0 Å². The standard InChI is InChI=1S/C19H24O/c1-5-15-7-13(3)8-16(10-15)11-17-9-14(4)19(20)18(6-2)12-17/h7-10,12,20H,5-6,11H2,1-4H3. The van der Waals surface area contributed by atoms with Crippen molar-refractivity contribution >= 4 is 0 Å². The van der Waals surface area contributed by atoms with Gasteiger partial charge in [-0.05, 0) is 60.9 Å². The number of hydrogen-bond donors (Lipinski definition) is 1. The molecular weight excluding hydrogens is 244 g/mol. The molecule has 0 aromatic heterocycles. The predicted molar refractivity (Wildman–Crippen MR) is 85.6 cm³/mol. The fourth-order valence-electron chi connectivity index (χ4n) is 2.79. The average Bonchev–Trinajstić information content (AvgIpc) is 2.41. The lowest BCUT2D eigenvalue weighted by molar-refractivity contribution is 0.464. The van der Waals surface area contributed by atoms with Crippen LogP contribution in [0.25, 0.3) is 0 Å². The number of hydrogen-bond acceptors (Lipinski definition) is 1. The molecule has 0 fully saturated rings. The largest absolute Gasteiger partial charge is 0.507 e. The van der Waals surface area contributed by atoms with Crippen molar-refractivity contribution in [2.45, 2.75) is 47.0 Å². The van der Waals surface area contributed by atoms with Crippen LogP contribution in [-0.2, 0) is 19.3 Å². The SMILES string of the molecule is CCc1cc(C)cc(Cc2cc(C)c(O)c(CC)c2)c1. The van der Waals surface area contributed by atoms with E-state index >= 15 is 0 Å². The van der Waals surface area contributed by atoms with E-state index in [0.717, 1.165) is 30.4 Å². The Bertz CT molecular complexity index is 611. The first-order valence-corrected chi connectivity index (χ1v) is 7.44. The lowest BCUT2D eigenvalue weighted by Gasteiger charge is -2.11. The molecule has 1 N–H and O–H groups in total. The number of benzene rings is 2. The molecule has 0 unspecified atom stereocenters. The summed E-state index contributed by atoms with van der Waals surface area (Å²) in [6, 6.07) is 11.0. The predicted octanol–water partition coefficient (Wildman–Crippen LogP) is 4.72. The number of phenols is 1. The summed E-state index contributed by atoms with van der Waals surface area (Å²) >= 11 is 0. The van der Waals surface area contributed by atoms with E-state index in [-0.39, 0.29) is 0 Å². The summed E-state index contributed by atoms with van der Waals surface area (Å²) in [5, 5.41) is 10.0. The molecule has 20 heavy (non-hydrogen) atoms. The molecule has 0 bridgehead atoms. The molecular formula is C19H24O. The van der Waals surface area contributed by atoms with Gasteiger partial charge in [0.25, 0.3) is 0 Å². The van der Waals surface area contributed by atoms with Crippen molar-refractivity contribution in [1.29, 1.82) is 0 Å². The molecule has 0 amide bonds. The summed E-state index contributed by atoms with van der Waals surface area (Å²) in [6.45, 7) is 8.41. The highest BCUT2D eigenvalue weighted by Gasteiger charge is 2.07. The number of aromatic hydroxyl groups is 1. The zero-order valence-corrected chi connectivity index (χ0v) is 13.0. The van der Waals surface area contributed by atoms with E-state index in [9.17, 15) is 5.11 Å². The van der Waals surface area contributed by atoms with Crippen molar-refractivity contribution in [2.24, 2.45) is 0 Å². The third-order valence-corrected chi connectivity index (χ3v) is 3.83. The van der Waals surface area contributed by atoms with Crippen LogP contribution in [0.4, 0.5) is 0 Å². The van der Waals surface area contributed by atoms with E-state index in [0.29, 0.717) is 5.75 Å². The van der Waals surface area contributed by atoms with Gasteiger partial charge < -0.3 is 5.11 Å². The van der Waals surface area contributed by atoms with Crippen molar-refractivity contribution in [2.75, 3.05) is 0 Å². The van der Waals surface area contributed by atoms with E-state index in [1.54, 1.807) is 0 Å². The van der Waals surface area contributed by atoms with Crippen molar-refractivity contribution in [1.82, 2.24) is 0 Å². The van der Waals surface area contributed by atoms with Crippen LogP contribution in [0.5, 0.6) is 5.75 Å². The summed E-state index contributed by atoms with van der Waals surface area (Å²) in [5.74, 6) is 0.453. The highest BCUT2D eigenvalue weighted by atomic mass is 16.3. The van der Waals surface area contributed by atoms with Crippen LogP contribution in [0, 0.1) is 13.8 Å². The number of phenolic OH excluding ortho intramolecular Hbond substituents is 1. The first-order chi connectivity index (χ1) is 9.53. The molecule has 0 atom stereocenters. The maximum Gasteiger partial charge on any atom is 0.121 e. The highest BCUT2D eigenvalue weighted by molar-refractivity contribution is 5.44. The van der Waals surface area contributed by atoms with Crippen LogP contribution in [0.15, 0.2) is 30.3 Å². The fraction of sp³-hybridized carbons (Fsp3) is 0.368. The minimum absolute atomic E-state index is 0.453. The summed E-state index contributed by atoms with van der Waals surface area (Å²) in [5.41, 5.74) is 7.38. The van der Waals surface area contributed by atoms with Crippen LogP contribution in [-0.4, -0.2) is 5.11 Å². The Labute approximate surface area is 122 Å². The Morgan fingerprint density at radius 3 is 2.10 bits per heavy atom. The molecule has 0 radical (unpaired) electrons. The van der Waals surface area contributed by atoms with Gasteiger partial charge in [0.05, 0.1) is 0 Å². The summed E-state index contributed by atoms with van der Waals surface area (Å²) in [4.78, 5) is 0. The van der Waals surface area contributed by atoms with Gasteiger partial charge in [-0.2, -0.15) is 0 Å². The van der Waals surface area contributed by atoms with E-state index in [4.69, 9.17) is 0 Å². The second-order valence-corrected chi connectivity index (χ2v) is 5.63. The first-order valence-electron chi connectivity index (χ1n) is 7.44. The van der Waals surface area contributed by atoms with E-state index < -0.39 is 0 Å². The van der Waals surface area contributed by atoms with Gasteiger partial charge in [-0.15, -0.1) is 0 Å². The van der Waals surface area contributed by atoms with Crippen LogP contribution in [0.2, 0.25) is 0 Å². The Morgan fingerprint density at radius 2 is 1.45 bits per heavy atom. The molecule has 2 aromatic rings. The molecule has 2 rings (SSSR count). The zero-order chi connectivity index (χ0) is 14.7. The summed E-state index contributed by atoms with van der Waals surface area (Å²) < 4.78 is 0. The molecule has 106 valence electrons. The number of aryl methyl sites for hydroxylation is 4. The van der Waals surface area contributed by atoms with Gasteiger partial charge in [0, 0.05) is 0 Å². The molecule has 0 saturated carbocycles. The highest BCUT2D eigenvalue weighted by Crippen LogP contribution is 2.26. The summed E-state index contributed by atoms with van der Waals surface area (Å²) in [7, 11) is 0.